The Morgan fingerprint density at radius 1 is 1.42 bits per heavy atom. The third-order valence-electron chi connectivity index (χ3n) is 2.78. The minimum Gasteiger partial charge on any atom is -0.480 e. The second-order valence-electron chi connectivity index (χ2n) is 4.43. The van der Waals surface area contributed by atoms with Crippen LogP contribution in [-0.2, 0) is 9.59 Å². The fraction of sp³-hybridized carbons (Fsp3) is 0.727. The summed E-state index contributed by atoms with van der Waals surface area (Å²) in [6.07, 6.45) is 1.87. The second-order valence-corrected chi connectivity index (χ2v) is 5.58. The number of amides is 3. The van der Waals surface area contributed by atoms with E-state index >= 15 is 0 Å². The molecule has 0 spiro atoms. The minimum atomic E-state index is -1.17. The molecule has 2 atom stereocenters. The van der Waals surface area contributed by atoms with Gasteiger partial charge in [-0.1, -0.05) is 0 Å². The maximum absolute atomic E-state index is 11.7. The summed E-state index contributed by atoms with van der Waals surface area (Å²) in [7, 11) is 0. The highest BCUT2D eigenvalue weighted by atomic mass is 32.2. The van der Waals surface area contributed by atoms with E-state index in [1.807, 2.05) is 0 Å². The highest BCUT2D eigenvalue weighted by molar-refractivity contribution is 7.99. The SMILES string of the molecule is NC(=O)CCC(NC(=O)NC1CCCSC1)C(=O)O. The molecule has 1 heterocycles. The number of aliphatic carboxylic acids is 1. The van der Waals surface area contributed by atoms with Gasteiger partial charge in [0.2, 0.25) is 5.91 Å². The standard InChI is InChI=1S/C11H19N3O4S/c12-9(15)4-3-8(10(16)17)14-11(18)13-7-2-1-5-19-6-7/h7-8H,1-6H2,(H2,12,15)(H,16,17)(H2,13,14,18). The fourth-order valence-electron chi connectivity index (χ4n) is 1.78. The van der Waals surface area contributed by atoms with E-state index in [2.05, 4.69) is 10.6 Å². The Kier molecular flexibility index (Phi) is 6.48. The van der Waals surface area contributed by atoms with Gasteiger partial charge in [0.05, 0.1) is 0 Å². The van der Waals surface area contributed by atoms with Crippen molar-refractivity contribution < 1.29 is 19.5 Å². The number of hydrogen-bond acceptors (Lipinski definition) is 4. The number of carboxylic acid groups (broad SMARTS) is 1. The van der Waals surface area contributed by atoms with Crippen molar-refractivity contribution in [2.24, 2.45) is 5.73 Å². The van der Waals surface area contributed by atoms with Crippen molar-refractivity contribution in [3.8, 4) is 0 Å². The molecule has 3 amide bonds. The predicted molar refractivity (Wildman–Crippen MR) is 71.9 cm³/mol. The van der Waals surface area contributed by atoms with Crippen LogP contribution in [0, 0.1) is 0 Å². The summed E-state index contributed by atoms with van der Waals surface area (Å²) in [6, 6.07) is -1.53. The molecule has 2 unspecified atom stereocenters. The lowest BCUT2D eigenvalue weighted by molar-refractivity contribution is -0.139. The second kappa shape index (κ2) is 7.88. The van der Waals surface area contributed by atoms with Gasteiger partial charge in [-0.25, -0.2) is 9.59 Å². The Hall–Kier alpha value is -1.44. The molecule has 5 N–H and O–H groups in total. The zero-order chi connectivity index (χ0) is 14.3. The van der Waals surface area contributed by atoms with Gasteiger partial charge >= 0.3 is 12.0 Å². The number of urea groups is 1. The maximum atomic E-state index is 11.7. The van der Waals surface area contributed by atoms with Crippen LogP contribution in [0.1, 0.15) is 25.7 Å². The van der Waals surface area contributed by atoms with E-state index in [9.17, 15) is 14.4 Å². The minimum absolute atomic E-state index is 0.00248. The lowest BCUT2D eigenvalue weighted by atomic mass is 10.1. The van der Waals surface area contributed by atoms with Crippen LogP contribution in [-0.4, -0.2) is 46.6 Å². The van der Waals surface area contributed by atoms with Gasteiger partial charge in [-0.3, -0.25) is 4.79 Å². The molecule has 1 aliphatic heterocycles. The topological polar surface area (TPSA) is 122 Å². The van der Waals surface area contributed by atoms with Crippen molar-refractivity contribution in [1.82, 2.24) is 10.6 Å². The van der Waals surface area contributed by atoms with Crippen LogP contribution >= 0.6 is 11.8 Å². The van der Waals surface area contributed by atoms with Crippen LogP contribution < -0.4 is 16.4 Å². The number of nitrogens with two attached hydrogens (primary N) is 1. The molecule has 0 aliphatic carbocycles. The smallest absolute Gasteiger partial charge is 0.326 e. The van der Waals surface area contributed by atoms with Gasteiger partial charge in [0.15, 0.2) is 0 Å². The lowest BCUT2D eigenvalue weighted by Gasteiger charge is -2.23. The lowest BCUT2D eigenvalue weighted by Crippen LogP contribution is -2.50. The summed E-state index contributed by atoms with van der Waals surface area (Å²) in [4.78, 5) is 33.2. The molecule has 0 aromatic heterocycles. The molecule has 0 radical (unpaired) electrons. The molecular formula is C11H19N3O4S. The molecule has 1 fully saturated rings. The van der Waals surface area contributed by atoms with E-state index in [1.54, 1.807) is 11.8 Å². The quantitative estimate of drug-likeness (QED) is 0.544. The number of carboxylic acids is 1. The number of nitrogens with one attached hydrogen (secondary N) is 2. The van der Waals surface area contributed by atoms with Crippen molar-refractivity contribution in [1.29, 1.82) is 0 Å². The van der Waals surface area contributed by atoms with Crippen molar-refractivity contribution in [3.05, 3.63) is 0 Å². The van der Waals surface area contributed by atoms with Crippen molar-refractivity contribution >= 4 is 29.7 Å². The van der Waals surface area contributed by atoms with Crippen LogP contribution in [0.15, 0.2) is 0 Å². The summed E-state index contributed by atoms with van der Waals surface area (Å²) >= 11 is 1.76. The van der Waals surface area contributed by atoms with Crippen LogP contribution in [0.3, 0.4) is 0 Å². The third-order valence-corrected chi connectivity index (χ3v) is 3.99. The van der Waals surface area contributed by atoms with Crippen LogP contribution in [0.5, 0.6) is 0 Å². The van der Waals surface area contributed by atoms with E-state index in [-0.39, 0.29) is 18.9 Å². The van der Waals surface area contributed by atoms with Crippen LogP contribution in [0.2, 0.25) is 0 Å². The monoisotopic (exact) mass is 289 g/mol. The fourth-order valence-corrected chi connectivity index (χ4v) is 2.86. The Morgan fingerprint density at radius 2 is 2.16 bits per heavy atom. The maximum Gasteiger partial charge on any atom is 0.326 e. The zero-order valence-corrected chi connectivity index (χ0v) is 11.4. The molecule has 7 nitrogen and oxygen atoms in total. The molecule has 0 bridgehead atoms. The van der Waals surface area contributed by atoms with Crippen LogP contribution in [0.25, 0.3) is 0 Å². The summed E-state index contributed by atoms with van der Waals surface area (Å²) in [6.45, 7) is 0. The Bertz CT molecular complexity index is 345. The van der Waals surface area contributed by atoms with E-state index < -0.39 is 23.9 Å². The summed E-state index contributed by atoms with van der Waals surface area (Å²) < 4.78 is 0. The Morgan fingerprint density at radius 3 is 2.68 bits per heavy atom. The average molecular weight is 289 g/mol. The first-order valence-corrected chi connectivity index (χ1v) is 7.30. The van der Waals surface area contributed by atoms with Crippen molar-refractivity contribution in [2.75, 3.05) is 11.5 Å². The number of hydrogen-bond donors (Lipinski definition) is 4. The average Bonchev–Trinajstić information content (AvgIpc) is 2.35. The third kappa shape index (κ3) is 6.32. The van der Waals surface area contributed by atoms with Gasteiger partial charge in [0.1, 0.15) is 6.04 Å². The molecule has 19 heavy (non-hydrogen) atoms. The van der Waals surface area contributed by atoms with E-state index in [1.165, 1.54) is 0 Å². The molecule has 108 valence electrons. The van der Waals surface area contributed by atoms with Gasteiger partial charge in [-0.2, -0.15) is 11.8 Å². The van der Waals surface area contributed by atoms with Gasteiger partial charge < -0.3 is 21.5 Å². The number of thioether (sulfide) groups is 1. The number of carbonyl (C=O) groups is 3. The van der Waals surface area contributed by atoms with E-state index in [4.69, 9.17) is 10.8 Å². The Balaban J connectivity index is 2.37. The molecule has 0 saturated carbocycles. The number of rotatable bonds is 6. The zero-order valence-electron chi connectivity index (χ0n) is 10.6. The normalized spacial score (nSPS) is 20.3. The molecule has 1 rings (SSSR count). The van der Waals surface area contributed by atoms with Gasteiger partial charge in [-0.05, 0) is 25.0 Å². The first kappa shape index (κ1) is 15.6. The predicted octanol–water partition coefficient (Wildman–Crippen LogP) is -0.100. The summed E-state index contributed by atoms with van der Waals surface area (Å²) in [5, 5.41) is 14.0. The molecule has 1 saturated heterocycles. The van der Waals surface area contributed by atoms with Gasteiger partial charge in [-0.15, -0.1) is 0 Å². The summed E-state index contributed by atoms with van der Waals surface area (Å²) in [5.41, 5.74) is 4.96. The van der Waals surface area contributed by atoms with E-state index in [0.717, 1.165) is 24.3 Å². The Labute approximate surface area is 115 Å². The number of carbonyl (C=O) groups excluding carboxylic acids is 2. The van der Waals surface area contributed by atoms with Crippen molar-refractivity contribution in [3.63, 3.8) is 0 Å². The molecular weight excluding hydrogens is 270 g/mol. The largest absolute Gasteiger partial charge is 0.480 e. The molecule has 1 aliphatic rings. The first-order chi connectivity index (χ1) is 8.99. The highest BCUT2D eigenvalue weighted by Gasteiger charge is 2.22. The number of primary amides is 1. The molecule has 8 heteroatoms. The molecule has 0 aromatic carbocycles. The highest BCUT2D eigenvalue weighted by Crippen LogP contribution is 2.16. The van der Waals surface area contributed by atoms with Gasteiger partial charge in [0.25, 0.3) is 0 Å². The van der Waals surface area contributed by atoms with Gasteiger partial charge in [0, 0.05) is 18.2 Å². The van der Waals surface area contributed by atoms with Crippen LogP contribution in [0.4, 0.5) is 4.79 Å². The molecule has 0 aromatic rings. The first-order valence-electron chi connectivity index (χ1n) is 6.15. The van der Waals surface area contributed by atoms with E-state index in [0.29, 0.717) is 0 Å². The van der Waals surface area contributed by atoms with Crippen molar-refractivity contribution in [2.45, 2.75) is 37.8 Å². The summed E-state index contributed by atoms with van der Waals surface area (Å²) in [5.74, 6) is 0.175.